The zero-order chi connectivity index (χ0) is 6.85. The van der Waals surface area contributed by atoms with Gasteiger partial charge in [-0.2, -0.15) is 0 Å². The van der Waals surface area contributed by atoms with Gasteiger partial charge < -0.3 is 4.98 Å². The highest BCUT2D eigenvalue weighted by molar-refractivity contribution is 5.85. The summed E-state index contributed by atoms with van der Waals surface area (Å²) in [6, 6.07) is 0. The summed E-state index contributed by atoms with van der Waals surface area (Å²) in [5, 5.41) is 0. The maximum Gasteiger partial charge on any atom is 0.282 e. The van der Waals surface area contributed by atoms with Gasteiger partial charge in [0, 0.05) is 5.69 Å². The molecule has 1 heterocycles. The van der Waals surface area contributed by atoms with Crippen LogP contribution < -0.4 is 0 Å². The van der Waals surface area contributed by atoms with Crippen LogP contribution in [0.3, 0.4) is 0 Å². The number of alkyl halides is 2. The highest BCUT2D eigenvalue weighted by atomic mass is 35.5. The molecule has 0 aliphatic carbocycles. The average molecular weight is 169 g/mol. The zero-order valence-corrected chi connectivity index (χ0v) is 6.08. The Morgan fingerprint density at radius 2 is 2.20 bits per heavy atom. The van der Waals surface area contributed by atoms with Crippen LogP contribution in [0.2, 0.25) is 0 Å². The molecule has 0 fully saturated rings. The maximum atomic E-state index is 11.8. The first-order chi connectivity index (χ1) is 4.22. The first kappa shape index (κ1) is 9.36. The molecular weight excluding hydrogens is 162 g/mol. The molecule has 0 saturated carbocycles. The van der Waals surface area contributed by atoms with Crippen molar-refractivity contribution < 1.29 is 8.78 Å². The van der Waals surface area contributed by atoms with E-state index in [-0.39, 0.29) is 18.1 Å². The Labute approximate surface area is 63.1 Å². The number of rotatable bonds is 1. The van der Waals surface area contributed by atoms with Gasteiger partial charge in [0.15, 0.2) is 0 Å². The summed E-state index contributed by atoms with van der Waals surface area (Å²) in [5.41, 5.74) is 0.278. The lowest BCUT2D eigenvalue weighted by atomic mass is 10.4. The first-order valence-electron chi connectivity index (χ1n) is 2.50. The van der Waals surface area contributed by atoms with Gasteiger partial charge >= 0.3 is 0 Å². The molecule has 5 heteroatoms. The van der Waals surface area contributed by atoms with Gasteiger partial charge in [-0.1, -0.05) is 0 Å². The number of aryl methyl sites for hydroxylation is 1. The number of nitrogens with zero attached hydrogens (tertiary/aromatic N) is 1. The van der Waals surface area contributed by atoms with E-state index in [1.807, 2.05) is 0 Å². The van der Waals surface area contributed by atoms with Crippen molar-refractivity contribution in [1.29, 1.82) is 0 Å². The molecule has 1 aromatic heterocycles. The molecule has 0 aromatic carbocycles. The Morgan fingerprint density at radius 1 is 1.60 bits per heavy atom. The third kappa shape index (κ3) is 1.67. The number of aromatic amines is 1. The standard InChI is InChI=1S/C5H6F2N2.ClH/c1-3-4(5(6)7)9-2-8-3;/h2,5H,1H3,(H,8,9);1H. The molecule has 1 aromatic rings. The van der Waals surface area contributed by atoms with E-state index in [0.717, 1.165) is 0 Å². The zero-order valence-electron chi connectivity index (χ0n) is 5.27. The van der Waals surface area contributed by atoms with E-state index >= 15 is 0 Å². The van der Waals surface area contributed by atoms with E-state index in [1.54, 1.807) is 6.92 Å². The highest BCUT2D eigenvalue weighted by Crippen LogP contribution is 2.17. The lowest BCUT2D eigenvalue weighted by Crippen LogP contribution is -1.86. The third-order valence-electron chi connectivity index (χ3n) is 1.08. The van der Waals surface area contributed by atoms with E-state index in [0.29, 0.717) is 5.69 Å². The first-order valence-corrected chi connectivity index (χ1v) is 2.50. The predicted octanol–water partition coefficient (Wildman–Crippen LogP) is 2.08. The Hall–Kier alpha value is -0.640. The number of aromatic nitrogens is 2. The Kier molecular flexibility index (Phi) is 3.28. The monoisotopic (exact) mass is 168 g/mol. The van der Waals surface area contributed by atoms with Gasteiger partial charge in [0.2, 0.25) is 0 Å². The van der Waals surface area contributed by atoms with E-state index in [2.05, 4.69) is 9.97 Å². The second kappa shape index (κ2) is 3.51. The lowest BCUT2D eigenvalue weighted by molar-refractivity contribution is 0.146. The predicted molar refractivity (Wildman–Crippen MR) is 35.5 cm³/mol. The molecule has 2 nitrogen and oxygen atoms in total. The molecule has 0 aliphatic heterocycles. The molecular formula is C5H7ClF2N2. The normalized spacial score (nSPS) is 9.60. The number of hydrogen-bond acceptors (Lipinski definition) is 1. The molecule has 0 atom stereocenters. The summed E-state index contributed by atoms with van der Waals surface area (Å²) in [7, 11) is 0. The maximum absolute atomic E-state index is 11.8. The fourth-order valence-electron chi connectivity index (χ4n) is 0.589. The minimum Gasteiger partial charge on any atom is -0.348 e. The third-order valence-corrected chi connectivity index (χ3v) is 1.08. The number of halogens is 3. The van der Waals surface area contributed by atoms with Crippen molar-refractivity contribution >= 4 is 12.4 Å². The van der Waals surface area contributed by atoms with Gasteiger partial charge in [0.1, 0.15) is 5.69 Å². The summed E-state index contributed by atoms with van der Waals surface area (Å²) in [6.45, 7) is 1.56. The summed E-state index contributed by atoms with van der Waals surface area (Å²) in [6.07, 6.45) is -1.20. The molecule has 0 spiro atoms. The SMILES string of the molecule is Cc1[nH]cnc1C(F)F.Cl. The molecule has 0 aliphatic rings. The minimum atomic E-state index is -2.46. The quantitative estimate of drug-likeness (QED) is 0.684. The van der Waals surface area contributed by atoms with Gasteiger partial charge in [0.25, 0.3) is 6.43 Å². The van der Waals surface area contributed by atoms with Crippen LogP contribution in [-0.4, -0.2) is 9.97 Å². The van der Waals surface area contributed by atoms with Gasteiger partial charge in [-0.3, -0.25) is 0 Å². The molecule has 0 radical (unpaired) electrons. The minimum absolute atomic E-state index is 0. The van der Waals surface area contributed by atoms with Crippen LogP contribution >= 0.6 is 12.4 Å². The number of H-pyrrole nitrogens is 1. The van der Waals surface area contributed by atoms with Crippen LogP contribution in [0, 0.1) is 6.92 Å². The van der Waals surface area contributed by atoms with E-state index in [4.69, 9.17) is 0 Å². The number of nitrogens with one attached hydrogen (secondary N) is 1. The average Bonchev–Trinajstić information content (AvgIpc) is 2.13. The molecule has 1 rings (SSSR count). The van der Waals surface area contributed by atoms with E-state index in [9.17, 15) is 8.78 Å². The van der Waals surface area contributed by atoms with Gasteiger partial charge in [0.05, 0.1) is 6.33 Å². The van der Waals surface area contributed by atoms with Crippen molar-refractivity contribution in [2.24, 2.45) is 0 Å². The summed E-state index contributed by atoms with van der Waals surface area (Å²) in [4.78, 5) is 5.97. The van der Waals surface area contributed by atoms with Crippen LogP contribution in [0.25, 0.3) is 0 Å². The smallest absolute Gasteiger partial charge is 0.282 e. The molecule has 58 valence electrons. The Balaban J connectivity index is 0.000000810. The Morgan fingerprint density at radius 3 is 2.40 bits per heavy atom. The summed E-state index contributed by atoms with van der Waals surface area (Å²) < 4.78 is 23.6. The highest BCUT2D eigenvalue weighted by Gasteiger charge is 2.11. The van der Waals surface area contributed by atoms with Gasteiger partial charge in [-0.15, -0.1) is 12.4 Å². The topological polar surface area (TPSA) is 28.7 Å². The van der Waals surface area contributed by atoms with Crippen molar-refractivity contribution in [2.75, 3.05) is 0 Å². The van der Waals surface area contributed by atoms with E-state index in [1.165, 1.54) is 6.33 Å². The fraction of sp³-hybridized carbons (Fsp3) is 0.400. The second-order valence-electron chi connectivity index (χ2n) is 1.71. The van der Waals surface area contributed by atoms with Crippen LogP contribution in [-0.2, 0) is 0 Å². The molecule has 10 heavy (non-hydrogen) atoms. The van der Waals surface area contributed by atoms with Crippen molar-refractivity contribution in [2.45, 2.75) is 13.3 Å². The molecule has 0 amide bonds. The van der Waals surface area contributed by atoms with Crippen LogP contribution in [0.5, 0.6) is 0 Å². The largest absolute Gasteiger partial charge is 0.348 e. The molecule has 0 unspecified atom stereocenters. The van der Waals surface area contributed by atoms with Crippen LogP contribution in [0.1, 0.15) is 17.8 Å². The number of imidazole rings is 1. The number of hydrogen-bond donors (Lipinski definition) is 1. The molecule has 0 bridgehead atoms. The summed E-state index contributed by atoms with van der Waals surface area (Å²) in [5.74, 6) is 0. The molecule has 1 N–H and O–H groups in total. The second-order valence-corrected chi connectivity index (χ2v) is 1.71. The van der Waals surface area contributed by atoms with Crippen LogP contribution in [0.4, 0.5) is 8.78 Å². The van der Waals surface area contributed by atoms with Gasteiger partial charge in [-0.05, 0) is 6.92 Å². The Bertz CT molecular complexity index is 199. The van der Waals surface area contributed by atoms with Crippen molar-refractivity contribution in [3.63, 3.8) is 0 Å². The van der Waals surface area contributed by atoms with Crippen molar-refractivity contribution in [1.82, 2.24) is 9.97 Å². The van der Waals surface area contributed by atoms with Crippen molar-refractivity contribution in [3.8, 4) is 0 Å². The van der Waals surface area contributed by atoms with Crippen molar-refractivity contribution in [3.05, 3.63) is 17.7 Å². The lowest BCUT2D eigenvalue weighted by Gasteiger charge is -1.91. The fourth-order valence-corrected chi connectivity index (χ4v) is 0.589. The van der Waals surface area contributed by atoms with Gasteiger partial charge in [-0.25, -0.2) is 13.8 Å². The molecule has 0 saturated heterocycles. The van der Waals surface area contributed by atoms with E-state index < -0.39 is 6.43 Å². The summed E-state index contributed by atoms with van der Waals surface area (Å²) >= 11 is 0. The van der Waals surface area contributed by atoms with Crippen LogP contribution in [0.15, 0.2) is 6.33 Å².